The summed E-state index contributed by atoms with van der Waals surface area (Å²) in [5.74, 6) is 1.71. The van der Waals surface area contributed by atoms with Gasteiger partial charge < -0.3 is 15.2 Å². The van der Waals surface area contributed by atoms with Crippen LogP contribution < -0.4 is 15.2 Å². The van der Waals surface area contributed by atoms with Gasteiger partial charge in [-0.05, 0) is 26.0 Å². The molecule has 0 amide bonds. The van der Waals surface area contributed by atoms with E-state index in [0.29, 0.717) is 41.7 Å². The summed E-state index contributed by atoms with van der Waals surface area (Å²) in [5.41, 5.74) is 7.10. The molecule has 2 rings (SSSR count). The summed E-state index contributed by atoms with van der Waals surface area (Å²) in [5, 5.41) is 7.81. The monoisotopic (exact) mass is 233 g/mol. The zero-order valence-corrected chi connectivity index (χ0v) is 9.91. The van der Waals surface area contributed by atoms with Crippen molar-refractivity contribution in [3.63, 3.8) is 0 Å². The van der Waals surface area contributed by atoms with Gasteiger partial charge in [-0.3, -0.25) is 5.41 Å². The van der Waals surface area contributed by atoms with Crippen LogP contribution >= 0.6 is 0 Å². The van der Waals surface area contributed by atoms with Gasteiger partial charge in [0.15, 0.2) is 5.84 Å². The molecular formula is C12H15N3O2. The molecule has 5 heteroatoms. The van der Waals surface area contributed by atoms with E-state index in [4.69, 9.17) is 20.6 Å². The van der Waals surface area contributed by atoms with Crippen molar-refractivity contribution in [3.8, 4) is 11.5 Å². The van der Waals surface area contributed by atoms with Gasteiger partial charge in [-0.2, -0.15) is 0 Å². The molecule has 0 spiro atoms. The van der Waals surface area contributed by atoms with Gasteiger partial charge in [0.1, 0.15) is 17.3 Å². The number of nitrogens with two attached hydrogens (primary N) is 1. The molecule has 1 aliphatic rings. The van der Waals surface area contributed by atoms with Crippen molar-refractivity contribution in [1.82, 2.24) is 0 Å². The second kappa shape index (κ2) is 4.45. The Balaban J connectivity index is 2.57. The third kappa shape index (κ3) is 1.84. The zero-order valence-electron chi connectivity index (χ0n) is 9.91. The first-order valence-electron chi connectivity index (χ1n) is 5.55. The van der Waals surface area contributed by atoms with Crippen molar-refractivity contribution < 1.29 is 9.47 Å². The summed E-state index contributed by atoms with van der Waals surface area (Å²) in [6.07, 6.45) is 0. The molecule has 1 aromatic rings. The molecule has 0 saturated heterocycles. The summed E-state index contributed by atoms with van der Waals surface area (Å²) >= 11 is 0. The zero-order chi connectivity index (χ0) is 12.4. The van der Waals surface area contributed by atoms with E-state index in [1.54, 1.807) is 12.1 Å². The fourth-order valence-corrected chi connectivity index (χ4v) is 1.84. The normalized spacial score (nSPS) is 13.3. The second-order valence-corrected chi connectivity index (χ2v) is 3.52. The number of nitrogens with zero attached hydrogens (tertiary/aromatic N) is 1. The van der Waals surface area contributed by atoms with Gasteiger partial charge >= 0.3 is 0 Å². The minimum absolute atomic E-state index is 0.127. The number of hydrogen-bond acceptors (Lipinski definition) is 4. The van der Waals surface area contributed by atoms with Gasteiger partial charge in [0, 0.05) is 0 Å². The summed E-state index contributed by atoms with van der Waals surface area (Å²) in [6, 6.07) is 3.59. The summed E-state index contributed by atoms with van der Waals surface area (Å²) < 4.78 is 11.0. The lowest BCUT2D eigenvalue weighted by Crippen LogP contribution is -2.13. The van der Waals surface area contributed by atoms with Gasteiger partial charge in [-0.1, -0.05) is 0 Å². The fraction of sp³-hybridized carbons (Fsp3) is 0.333. The molecule has 1 aliphatic heterocycles. The molecular weight excluding hydrogens is 218 g/mol. The highest BCUT2D eigenvalue weighted by Gasteiger charge is 2.27. The van der Waals surface area contributed by atoms with E-state index in [2.05, 4.69) is 4.99 Å². The number of fused-ring (bicyclic) bond motifs is 1. The molecule has 0 bridgehead atoms. The van der Waals surface area contributed by atoms with E-state index in [1.165, 1.54) is 0 Å². The van der Waals surface area contributed by atoms with E-state index >= 15 is 0 Å². The predicted molar refractivity (Wildman–Crippen MR) is 66.3 cm³/mol. The van der Waals surface area contributed by atoms with Crippen LogP contribution in [0, 0.1) is 5.41 Å². The fourth-order valence-electron chi connectivity index (χ4n) is 1.84. The molecule has 0 aromatic heterocycles. The predicted octanol–water partition coefficient (Wildman–Crippen LogP) is 1.53. The Hall–Kier alpha value is -2.04. The molecule has 0 unspecified atom stereocenters. The van der Waals surface area contributed by atoms with Crippen molar-refractivity contribution in [3.05, 3.63) is 23.3 Å². The number of amidine groups is 2. The van der Waals surface area contributed by atoms with Crippen LogP contribution in [-0.2, 0) is 0 Å². The number of nitrogens with one attached hydrogen (secondary N) is 1. The van der Waals surface area contributed by atoms with Gasteiger partial charge in [-0.15, -0.1) is 0 Å². The lowest BCUT2D eigenvalue weighted by molar-refractivity contribution is 0.329. The molecule has 1 aromatic carbocycles. The molecule has 0 aliphatic carbocycles. The minimum atomic E-state index is 0.127. The Kier molecular flexibility index (Phi) is 2.99. The molecule has 0 atom stereocenters. The number of benzene rings is 1. The highest BCUT2D eigenvalue weighted by Crippen LogP contribution is 2.34. The van der Waals surface area contributed by atoms with Crippen LogP contribution in [0.25, 0.3) is 0 Å². The van der Waals surface area contributed by atoms with Crippen LogP contribution in [0.5, 0.6) is 11.5 Å². The van der Waals surface area contributed by atoms with Crippen LogP contribution in [0.4, 0.5) is 0 Å². The molecule has 3 N–H and O–H groups in total. The van der Waals surface area contributed by atoms with Gasteiger partial charge in [0.2, 0.25) is 0 Å². The highest BCUT2D eigenvalue weighted by molar-refractivity contribution is 6.23. The first-order chi connectivity index (χ1) is 8.19. The molecule has 5 nitrogen and oxygen atoms in total. The molecule has 90 valence electrons. The first kappa shape index (κ1) is 11.4. The maximum Gasteiger partial charge on any atom is 0.158 e. The number of ether oxygens (including phenoxy) is 2. The van der Waals surface area contributed by atoms with Crippen molar-refractivity contribution in [2.45, 2.75) is 13.8 Å². The van der Waals surface area contributed by atoms with Crippen LogP contribution in [0.2, 0.25) is 0 Å². The van der Waals surface area contributed by atoms with E-state index in [9.17, 15) is 0 Å². The first-order valence-corrected chi connectivity index (χ1v) is 5.55. The topological polar surface area (TPSA) is 80.7 Å². The van der Waals surface area contributed by atoms with Crippen molar-refractivity contribution in [2.24, 2.45) is 10.7 Å². The third-order valence-electron chi connectivity index (χ3n) is 2.45. The molecule has 0 fully saturated rings. The maximum absolute atomic E-state index is 7.81. The minimum Gasteiger partial charge on any atom is -0.493 e. The lowest BCUT2D eigenvalue weighted by atomic mass is 10.1. The Morgan fingerprint density at radius 1 is 1.12 bits per heavy atom. The van der Waals surface area contributed by atoms with Crippen molar-refractivity contribution >= 4 is 11.7 Å². The SMILES string of the molecule is CCOc1ccc(OCC)c2c1C(=N)N=C2N. The molecule has 0 saturated carbocycles. The quantitative estimate of drug-likeness (QED) is 0.827. The van der Waals surface area contributed by atoms with Crippen LogP contribution in [0.1, 0.15) is 25.0 Å². The van der Waals surface area contributed by atoms with Gasteiger partial charge in [0.05, 0.1) is 24.3 Å². The molecule has 1 heterocycles. The average molecular weight is 233 g/mol. The lowest BCUT2D eigenvalue weighted by Gasteiger charge is -2.13. The molecule has 17 heavy (non-hydrogen) atoms. The number of rotatable bonds is 4. The smallest absolute Gasteiger partial charge is 0.158 e. The van der Waals surface area contributed by atoms with E-state index in [1.807, 2.05) is 13.8 Å². The Bertz CT molecular complexity index is 495. The summed E-state index contributed by atoms with van der Waals surface area (Å²) in [6.45, 7) is 4.87. The van der Waals surface area contributed by atoms with Crippen molar-refractivity contribution in [1.29, 1.82) is 5.41 Å². The maximum atomic E-state index is 7.81. The van der Waals surface area contributed by atoms with Crippen molar-refractivity contribution in [2.75, 3.05) is 13.2 Å². The third-order valence-corrected chi connectivity index (χ3v) is 2.45. The Labute approximate surface area is 99.8 Å². The highest BCUT2D eigenvalue weighted by atomic mass is 16.5. The Morgan fingerprint density at radius 3 is 2.18 bits per heavy atom. The summed E-state index contributed by atoms with van der Waals surface area (Å²) in [4.78, 5) is 3.96. The van der Waals surface area contributed by atoms with E-state index in [0.717, 1.165) is 0 Å². The van der Waals surface area contributed by atoms with Crippen LogP contribution in [-0.4, -0.2) is 24.9 Å². The molecule has 0 radical (unpaired) electrons. The van der Waals surface area contributed by atoms with Crippen LogP contribution in [0.15, 0.2) is 17.1 Å². The Morgan fingerprint density at radius 2 is 1.65 bits per heavy atom. The van der Waals surface area contributed by atoms with E-state index in [-0.39, 0.29) is 5.84 Å². The standard InChI is InChI=1S/C12H15N3O2/c1-3-16-7-5-6-8(17-4-2)10-9(7)11(13)15-12(10)14/h5-6H,3-4H2,1-2H3,(H3,13,14,15). The summed E-state index contributed by atoms with van der Waals surface area (Å²) in [7, 11) is 0. The van der Waals surface area contributed by atoms with Gasteiger partial charge in [-0.25, -0.2) is 4.99 Å². The number of hydrogen-bond donors (Lipinski definition) is 2. The largest absolute Gasteiger partial charge is 0.493 e. The second-order valence-electron chi connectivity index (χ2n) is 3.52. The number of aliphatic imine (C=N–C) groups is 1. The average Bonchev–Trinajstić information content (AvgIpc) is 2.59. The van der Waals surface area contributed by atoms with E-state index < -0.39 is 0 Å². The van der Waals surface area contributed by atoms with Gasteiger partial charge in [0.25, 0.3) is 0 Å². The van der Waals surface area contributed by atoms with Crippen LogP contribution in [0.3, 0.4) is 0 Å².